The number of methoxy groups -OCH3 is 3. The fourth-order valence-corrected chi connectivity index (χ4v) is 2.92. The largest absolute Gasteiger partial charge is 0.497 e. The van der Waals surface area contributed by atoms with Crippen LogP contribution in [0.5, 0.6) is 17.2 Å². The number of benzene rings is 2. The molecule has 1 amide bonds. The highest BCUT2D eigenvalue weighted by Crippen LogP contribution is 2.29. The number of carbonyl (C=O) groups is 1. The molecule has 0 unspecified atom stereocenters. The Morgan fingerprint density at radius 3 is 2.39 bits per heavy atom. The number of anilines is 1. The molecule has 2 N–H and O–H groups in total. The average molecular weight is 382 g/mol. The van der Waals surface area contributed by atoms with Gasteiger partial charge in [0.2, 0.25) is 5.91 Å². The topological polar surface area (TPSA) is 89.7 Å². The summed E-state index contributed by atoms with van der Waals surface area (Å²) in [5, 5.41) is 3.66. The Morgan fingerprint density at radius 2 is 1.68 bits per heavy atom. The minimum absolute atomic E-state index is 0.152. The maximum atomic E-state index is 12.4. The lowest BCUT2D eigenvalue weighted by Gasteiger charge is -2.12. The zero-order chi connectivity index (χ0) is 20.1. The molecule has 0 aliphatic rings. The highest BCUT2D eigenvalue weighted by atomic mass is 16.5. The first-order valence-electron chi connectivity index (χ1n) is 8.76. The molecule has 1 aromatic heterocycles. The van der Waals surface area contributed by atoms with E-state index in [4.69, 9.17) is 14.2 Å². The number of H-pyrrole nitrogens is 1. The Balaban J connectivity index is 1.74. The van der Waals surface area contributed by atoms with E-state index in [1.807, 2.05) is 6.07 Å². The lowest BCUT2D eigenvalue weighted by molar-refractivity contribution is -0.116. The van der Waals surface area contributed by atoms with E-state index in [2.05, 4.69) is 10.3 Å². The van der Waals surface area contributed by atoms with E-state index in [1.165, 1.54) is 7.11 Å². The summed E-state index contributed by atoms with van der Waals surface area (Å²) in [7, 11) is 4.67. The molecule has 0 saturated heterocycles. The van der Waals surface area contributed by atoms with E-state index >= 15 is 0 Å². The minimum atomic E-state index is -0.225. The second-order valence-electron chi connectivity index (χ2n) is 6.19. The number of aromatic amines is 1. The number of carbonyl (C=O) groups excluding carboxylic acids is 1. The first-order chi connectivity index (χ1) is 13.5. The summed E-state index contributed by atoms with van der Waals surface area (Å²) in [6.45, 7) is 0. The van der Waals surface area contributed by atoms with Crippen molar-refractivity contribution in [3.8, 4) is 17.2 Å². The Labute approximate surface area is 162 Å². The highest BCUT2D eigenvalue weighted by molar-refractivity contribution is 5.92. The van der Waals surface area contributed by atoms with Crippen molar-refractivity contribution < 1.29 is 19.0 Å². The molecule has 28 heavy (non-hydrogen) atoms. The lowest BCUT2D eigenvalue weighted by Crippen LogP contribution is -2.17. The molecule has 7 nitrogen and oxygen atoms in total. The molecule has 3 rings (SSSR count). The normalized spacial score (nSPS) is 10.5. The molecular formula is C21H22N2O5. The summed E-state index contributed by atoms with van der Waals surface area (Å²) in [6.07, 6.45) is 0.458. The summed E-state index contributed by atoms with van der Waals surface area (Å²) in [5.74, 6) is 1.62. The number of rotatable bonds is 7. The van der Waals surface area contributed by atoms with Gasteiger partial charge in [-0.25, -0.2) is 0 Å². The van der Waals surface area contributed by atoms with Crippen LogP contribution in [0.4, 0.5) is 5.69 Å². The van der Waals surface area contributed by atoms with Gasteiger partial charge in [-0.15, -0.1) is 0 Å². The van der Waals surface area contributed by atoms with Crippen LogP contribution in [-0.2, 0) is 11.2 Å². The molecule has 0 atom stereocenters. The average Bonchev–Trinajstić information content (AvgIpc) is 2.71. The van der Waals surface area contributed by atoms with Gasteiger partial charge in [0, 0.05) is 29.0 Å². The van der Waals surface area contributed by atoms with E-state index in [1.54, 1.807) is 50.6 Å². The molecular weight excluding hydrogens is 360 g/mol. The molecule has 7 heteroatoms. The van der Waals surface area contributed by atoms with Gasteiger partial charge in [0.05, 0.1) is 27.0 Å². The van der Waals surface area contributed by atoms with E-state index in [9.17, 15) is 9.59 Å². The van der Waals surface area contributed by atoms with Crippen molar-refractivity contribution >= 4 is 22.5 Å². The van der Waals surface area contributed by atoms with Gasteiger partial charge in [-0.05, 0) is 42.8 Å². The molecule has 0 bridgehead atoms. The van der Waals surface area contributed by atoms with Gasteiger partial charge in [0.15, 0.2) is 0 Å². The zero-order valence-corrected chi connectivity index (χ0v) is 16.0. The molecule has 3 aromatic rings. The van der Waals surface area contributed by atoms with Crippen LogP contribution in [0.25, 0.3) is 10.9 Å². The van der Waals surface area contributed by atoms with Crippen LogP contribution in [0.15, 0.2) is 47.3 Å². The smallest absolute Gasteiger partial charge is 0.251 e. The molecule has 1 heterocycles. The lowest BCUT2D eigenvalue weighted by atomic mass is 10.1. The number of pyridine rings is 1. The molecule has 0 radical (unpaired) electrons. The predicted octanol–water partition coefficient (Wildman–Crippen LogP) is 3.13. The first-order valence-corrected chi connectivity index (χ1v) is 8.76. The van der Waals surface area contributed by atoms with Crippen LogP contribution in [-0.4, -0.2) is 32.2 Å². The van der Waals surface area contributed by atoms with Gasteiger partial charge in [-0.3, -0.25) is 9.59 Å². The van der Waals surface area contributed by atoms with Gasteiger partial charge < -0.3 is 24.5 Å². The van der Waals surface area contributed by atoms with Crippen molar-refractivity contribution in [1.82, 2.24) is 4.98 Å². The van der Waals surface area contributed by atoms with Gasteiger partial charge in [0.1, 0.15) is 17.2 Å². The third-order valence-electron chi connectivity index (χ3n) is 4.43. The third-order valence-corrected chi connectivity index (χ3v) is 4.43. The number of ether oxygens (including phenoxy) is 3. The number of hydrogen-bond donors (Lipinski definition) is 2. The molecule has 0 aliphatic carbocycles. The van der Waals surface area contributed by atoms with Crippen molar-refractivity contribution in [3.63, 3.8) is 0 Å². The fourth-order valence-electron chi connectivity index (χ4n) is 2.92. The van der Waals surface area contributed by atoms with Crippen molar-refractivity contribution in [2.45, 2.75) is 12.8 Å². The summed E-state index contributed by atoms with van der Waals surface area (Å²) in [4.78, 5) is 27.5. The Hall–Kier alpha value is -3.48. The maximum absolute atomic E-state index is 12.4. The summed E-state index contributed by atoms with van der Waals surface area (Å²) in [5.41, 5.74) is 1.57. The Morgan fingerprint density at radius 1 is 0.964 bits per heavy atom. The van der Waals surface area contributed by atoms with Crippen LogP contribution < -0.4 is 25.1 Å². The number of aryl methyl sites for hydroxylation is 1. The number of fused-ring (bicyclic) bond motifs is 1. The monoisotopic (exact) mass is 382 g/mol. The van der Waals surface area contributed by atoms with Crippen molar-refractivity contribution in [1.29, 1.82) is 0 Å². The Kier molecular flexibility index (Phi) is 5.84. The SMILES string of the molecule is COc1ccc(OC)c(NC(=O)CCc2cc3cc(OC)ccc3[nH]c2=O)c1. The number of amides is 1. The van der Waals surface area contributed by atoms with Crippen LogP contribution >= 0.6 is 0 Å². The van der Waals surface area contributed by atoms with Crippen molar-refractivity contribution in [2.75, 3.05) is 26.6 Å². The second kappa shape index (κ2) is 8.47. The van der Waals surface area contributed by atoms with E-state index in [-0.39, 0.29) is 17.9 Å². The van der Waals surface area contributed by atoms with E-state index < -0.39 is 0 Å². The van der Waals surface area contributed by atoms with Crippen molar-refractivity contribution in [3.05, 3.63) is 58.4 Å². The number of aromatic nitrogens is 1. The second-order valence-corrected chi connectivity index (χ2v) is 6.19. The molecule has 0 fully saturated rings. The van der Waals surface area contributed by atoms with E-state index in [0.717, 1.165) is 10.9 Å². The molecule has 0 spiro atoms. The molecule has 0 saturated carbocycles. The van der Waals surface area contributed by atoms with Gasteiger partial charge in [-0.2, -0.15) is 0 Å². The summed E-state index contributed by atoms with van der Waals surface area (Å²) < 4.78 is 15.7. The maximum Gasteiger partial charge on any atom is 0.251 e. The first kappa shape index (κ1) is 19.3. The van der Waals surface area contributed by atoms with Crippen molar-refractivity contribution in [2.24, 2.45) is 0 Å². The Bertz CT molecular complexity index is 1060. The molecule has 2 aromatic carbocycles. The molecule has 0 aliphatic heterocycles. The minimum Gasteiger partial charge on any atom is -0.497 e. The van der Waals surface area contributed by atoms with E-state index in [0.29, 0.717) is 34.9 Å². The van der Waals surface area contributed by atoms with Crippen LogP contribution in [0.2, 0.25) is 0 Å². The third kappa shape index (κ3) is 4.25. The highest BCUT2D eigenvalue weighted by Gasteiger charge is 2.11. The summed E-state index contributed by atoms with van der Waals surface area (Å²) >= 11 is 0. The zero-order valence-electron chi connectivity index (χ0n) is 16.0. The predicted molar refractivity (Wildman–Crippen MR) is 108 cm³/mol. The number of hydrogen-bond acceptors (Lipinski definition) is 5. The van der Waals surface area contributed by atoms with Gasteiger partial charge in [0.25, 0.3) is 5.56 Å². The van der Waals surface area contributed by atoms with Crippen LogP contribution in [0.3, 0.4) is 0 Å². The summed E-state index contributed by atoms with van der Waals surface area (Å²) in [6, 6.07) is 12.4. The van der Waals surface area contributed by atoms with Gasteiger partial charge in [-0.1, -0.05) is 0 Å². The quantitative estimate of drug-likeness (QED) is 0.655. The van der Waals surface area contributed by atoms with Gasteiger partial charge >= 0.3 is 0 Å². The van der Waals surface area contributed by atoms with Crippen LogP contribution in [0.1, 0.15) is 12.0 Å². The van der Waals surface area contributed by atoms with Crippen LogP contribution in [0, 0.1) is 0 Å². The standard InChI is InChI=1S/C21H22N2O5/c1-26-15-5-7-17-14(11-15)10-13(21(25)23-17)4-9-20(24)22-18-12-16(27-2)6-8-19(18)28-3/h5-8,10-12H,4,9H2,1-3H3,(H,22,24)(H,23,25). The fraction of sp³-hybridized carbons (Fsp3) is 0.238. The number of nitrogens with one attached hydrogen (secondary N) is 2. The molecule has 146 valence electrons.